The third-order valence-corrected chi connectivity index (χ3v) is 3.42. The molecular weight excluding hydrogens is 290 g/mol. The highest BCUT2D eigenvalue weighted by atomic mass is 32.1. The summed E-state index contributed by atoms with van der Waals surface area (Å²) in [6.07, 6.45) is 1.16. The van der Waals surface area contributed by atoms with Gasteiger partial charge in [-0.05, 0) is 5.56 Å². The predicted octanol–water partition coefficient (Wildman–Crippen LogP) is 1.44. The summed E-state index contributed by atoms with van der Waals surface area (Å²) in [7, 11) is 1.80. The Kier molecular flexibility index (Phi) is 5.28. The van der Waals surface area contributed by atoms with Crippen LogP contribution in [0.15, 0.2) is 46.9 Å². The van der Waals surface area contributed by atoms with Gasteiger partial charge in [-0.1, -0.05) is 30.3 Å². The van der Waals surface area contributed by atoms with E-state index in [0.29, 0.717) is 4.80 Å². The van der Waals surface area contributed by atoms with Crippen molar-refractivity contribution in [2.75, 3.05) is 6.54 Å². The van der Waals surface area contributed by atoms with Gasteiger partial charge in [-0.3, -0.25) is 4.79 Å². The van der Waals surface area contributed by atoms with Crippen LogP contribution in [0.1, 0.15) is 5.56 Å². The average Bonchev–Trinajstić information content (AvgIpc) is 2.89. The number of carbonyl (C=O) groups is 2. The number of benzene rings is 1. The van der Waals surface area contributed by atoms with Gasteiger partial charge < -0.3 is 14.6 Å². The summed E-state index contributed by atoms with van der Waals surface area (Å²) in [4.78, 5) is 27.5. The second kappa shape index (κ2) is 7.39. The van der Waals surface area contributed by atoms with Crippen molar-refractivity contribution in [3.63, 3.8) is 0 Å². The molecule has 0 aliphatic heterocycles. The number of hydrogen-bond acceptors (Lipinski definition) is 4. The molecule has 2 aromatic rings. The summed E-state index contributed by atoms with van der Waals surface area (Å²) < 4.78 is 6.72. The van der Waals surface area contributed by atoms with Gasteiger partial charge in [-0.2, -0.15) is 4.99 Å². The van der Waals surface area contributed by atoms with Gasteiger partial charge in [0, 0.05) is 18.6 Å². The van der Waals surface area contributed by atoms with Gasteiger partial charge in [0.15, 0.2) is 4.80 Å². The van der Waals surface area contributed by atoms with Crippen molar-refractivity contribution in [1.82, 2.24) is 9.88 Å². The SMILES string of the molecule is Cn1ccsc1=NC(=O)CNC(=O)OCc1ccccc1. The smallest absolute Gasteiger partial charge is 0.407 e. The molecule has 0 spiro atoms. The largest absolute Gasteiger partial charge is 0.445 e. The second-order valence-electron chi connectivity index (χ2n) is 4.22. The summed E-state index contributed by atoms with van der Waals surface area (Å²) in [6.45, 7) is -0.0244. The first-order valence-electron chi connectivity index (χ1n) is 6.27. The van der Waals surface area contributed by atoms with E-state index >= 15 is 0 Å². The van der Waals surface area contributed by atoms with Crippen molar-refractivity contribution >= 4 is 23.3 Å². The molecule has 0 aliphatic carbocycles. The maximum Gasteiger partial charge on any atom is 0.407 e. The van der Waals surface area contributed by atoms with Crippen LogP contribution in [0.5, 0.6) is 0 Å². The summed E-state index contributed by atoms with van der Waals surface area (Å²) in [5.74, 6) is -0.426. The van der Waals surface area contributed by atoms with Gasteiger partial charge >= 0.3 is 6.09 Å². The van der Waals surface area contributed by atoms with Crippen molar-refractivity contribution in [3.05, 3.63) is 52.3 Å². The van der Waals surface area contributed by atoms with Crippen LogP contribution in [0.2, 0.25) is 0 Å². The van der Waals surface area contributed by atoms with E-state index in [-0.39, 0.29) is 13.2 Å². The number of thiazole rings is 1. The van der Waals surface area contributed by atoms with Gasteiger partial charge in [-0.15, -0.1) is 11.3 Å². The van der Waals surface area contributed by atoms with Crippen LogP contribution < -0.4 is 10.1 Å². The second-order valence-corrected chi connectivity index (χ2v) is 5.09. The Hall–Kier alpha value is -2.41. The fraction of sp³-hybridized carbons (Fsp3) is 0.214. The molecule has 0 saturated heterocycles. The highest BCUT2D eigenvalue weighted by Gasteiger charge is 2.06. The van der Waals surface area contributed by atoms with E-state index in [4.69, 9.17) is 4.74 Å². The lowest BCUT2D eigenvalue weighted by Gasteiger charge is -2.05. The van der Waals surface area contributed by atoms with Gasteiger partial charge in [0.1, 0.15) is 13.2 Å². The first-order chi connectivity index (χ1) is 10.1. The van der Waals surface area contributed by atoms with Gasteiger partial charge in [0.25, 0.3) is 5.91 Å². The van der Waals surface area contributed by atoms with E-state index in [1.165, 1.54) is 11.3 Å². The molecule has 0 fully saturated rings. The lowest BCUT2D eigenvalue weighted by Crippen LogP contribution is -2.30. The highest BCUT2D eigenvalue weighted by molar-refractivity contribution is 7.07. The zero-order chi connectivity index (χ0) is 15.1. The molecular formula is C14H15N3O3S. The quantitative estimate of drug-likeness (QED) is 0.929. The summed E-state index contributed by atoms with van der Waals surface area (Å²) >= 11 is 1.35. The number of amides is 2. The third kappa shape index (κ3) is 4.88. The van der Waals surface area contributed by atoms with Crippen molar-refractivity contribution in [1.29, 1.82) is 0 Å². The maximum absolute atomic E-state index is 11.6. The minimum absolute atomic E-state index is 0.165. The van der Waals surface area contributed by atoms with Crippen LogP contribution in [0, 0.1) is 0 Å². The Morgan fingerprint density at radius 2 is 2.10 bits per heavy atom. The molecule has 1 heterocycles. The molecule has 1 aromatic heterocycles. The summed E-state index contributed by atoms with van der Waals surface area (Å²) in [6, 6.07) is 9.31. The molecule has 0 aliphatic rings. The molecule has 1 aromatic carbocycles. The van der Waals surface area contributed by atoms with E-state index in [9.17, 15) is 9.59 Å². The number of aromatic nitrogens is 1. The highest BCUT2D eigenvalue weighted by Crippen LogP contribution is 2.00. The number of carbonyl (C=O) groups excluding carboxylic acids is 2. The Morgan fingerprint density at radius 3 is 2.76 bits per heavy atom. The third-order valence-electron chi connectivity index (χ3n) is 2.58. The van der Waals surface area contributed by atoms with Crippen molar-refractivity contribution in [2.24, 2.45) is 12.0 Å². The maximum atomic E-state index is 11.6. The van der Waals surface area contributed by atoms with Crippen LogP contribution in [-0.2, 0) is 23.2 Å². The average molecular weight is 305 g/mol. The van der Waals surface area contributed by atoms with Gasteiger partial charge in [0.2, 0.25) is 0 Å². The van der Waals surface area contributed by atoms with Crippen LogP contribution in [-0.4, -0.2) is 23.1 Å². The van der Waals surface area contributed by atoms with E-state index < -0.39 is 12.0 Å². The molecule has 2 amide bonds. The first kappa shape index (κ1) is 15.0. The summed E-state index contributed by atoms with van der Waals surface area (Å²) in [5, 5.41) is 4.20. The molecule has 1 N–H and O–H groups in total. The Labute approximate surface area is 125 Å². The Bertz CT molecular complexity index is 676. The monoisotopic (exact) mass is 305 g/mol. The normalized spacial score (nSPS) is 11.2. The number of aryl methyl sites for hydroxylation is 1. The van der Waals surface area contributed by atoms with Crippen LogP contribution >= 0.6 is 11.3 Å². The molecule has 0 radical (unpaired) electrons. The van der Waals surface area contributed by atoms with Crippen LogP contribution in [0.3, 0.4) is 0 Å². The molecule has 6 nitrogen and oxygen atoms in total. The number of nitrogens with zero attached hydrogens (tertiary/aromatic N) is 2. The number of ether oxygens (including phenoxy) is 1. The minimum Gasteiger partial charge on any atom is -0.445 e. The predicted molar refractivity (Wildman–Crippen MR) is 78.5 cm³/mol. The number of rotatable bonds is 4. The topological polar surface area (TPSA) is 72.7 Å². The Morgan fingerprint density at radius 1 is 1.33 bits per heavy atom. The molecule has 0 atom stereocenters. The van der Waals surface area contributed by atoms with Gasteiger partial charge in [-0.25, -0.2) is 4.79 Å². The van der Waals surface area contributed by atoms with Crippen LogP contribution in [0.25, 0.3) is 0 Å². The molecule has 0 saturated carbocycles. The molecule has 0 unspecified atom stereocenters. The van der Waals surface area contributed by atoms with E-state index in [1.807, 2.05) is 35.7 Å². The molecule has 7 heteroatoms. The number of hydrogen-bond donors (Lipinski definition) is 1. The zero-order valence-electron chi connectivity index (χ0n) is 11.5. The van der Waals surface area contributed by atoms with E-state index in [0.717, 1.165) is 5.56 Å². The van der Waals surface area contributed by atoms with Gasteiger partial charge in [0.05, 0.1) is 0 Å². The number of alkyl carbamates (subject to hydrolysis) is 1. The molecule has 2 rings (SSSR count). The van der Waals surface area contributed by atoms with E-state index in [1.54, 1.807) is 17.8 Å². The van der Waals surface area contributed by atoms with Crippen molar-refractivity contribution in [3.8, 4) is 0 Å². The standard InChI is InChI=1S/C14H15N3O3S/c1-17-7-8-21-13(17)16-12(18)9-15-14(19)20-10-11-5-3-2-4-6-11/h2-8H,9-10H2,1H3,(H,15,19). The first-order valence-corrected chi connectivity index (χ1v) is 7.15. The number of nitrogens with one attached hydrogen (secondary N) is 1. The zero-order valence-corrected chi connectivity index (χ0v) is 12.3. The molecule has 21 heavy (non-hydrogen) atoms. The Balaban J connectivity index is 1.77. The van der Waals surface area contributed by atoms with Crippen molar-refractivity contribution in [2.45, 2.75) is 6.61 Å². The lowest BCUT2D eigenvalue weighted by molar-refractivity contribution is -0.117. The van der Waals surface area contributed by atoms with Crippen molar-refractivity contribution < 1.29 is 14.3 Å². The fourth-order valence-electron chi connectivity index (χ4n) is 1.50. The molecule has 110 valence electrons. The van der Waals surface area contributed by atoms with E-state index in [2.05, 4.69) is 10.3 Å². The summed E-state index contributed by atoms with van der Waals surface area (Å²) in [5.41, 5.74) is 0.884. The van der Waals surface area contributed by atoms with Crippen LogP contribution in [0.4, 0.5) is 4.79 Å². The lowest BCUT2D eigenvalue weighted by atomic mass is 10.2. The fourth-order valence-corrected chi connectivity index (χ4v) is 2.25. The molecule has 0 bridgehead atoms. The minimum atomic E-state index is -0.641.